The molecule has 0 bridgehead atoms. The fraction of sp³-hybridized carbons (Fsp3) is 0.154. The summed E-state index contributed by atoms with van der Waals surface area (Å²) >= 11 is 0. The lowest BCUT2D eigenvalue weighted by Gasteiger charge is -2.08. The van der Waals surface area contributed by atoms with E-state index in [0.29, 0.717) is 5.75 Å². The molecule has 1 heterocycles. The van der Waals surface area contributed by atoms with Crippen molar-refractivity contribution in [2.24, 2.45) is 5.84 Å². The van der Waals surface area contributed by atoms with Gasteiger partial charge in [-0.2, -0.15) is 4.98 Å². The molecule has 0 unspecified atom stereocenters. The zero-order chi connectivity index (χ0) is 14.7. The van der Waals surface area contributed by atoms with Gasteiger partial charge in [-0.1, -0.05) is 6.07 Å². The van der Waals surface area contributed by atoms with E-state index in [9.17, 15) is 10.1 Å². The molecule has 0 spiro atoms. The number of hydrogen-bond donors (Lipinski definition) is 2. The van der Waals surface area contributed by atoms with Crippen LogP contribution in [0.15, 0.2) is 30.3 Å². The number of nitrogen functional groups attached to an aromatic ring is 1. The van der Waals surface area contributed by atoms with E-state index in [2.05, 4.69) is 10.4 Å². The topological polar surface area (TPSA) is 103 Å². The maximum absolute atomic E-state index is 10.8. The van der Waals surface area contributed by atoms with Gasteiger partial charge in [-0.05, 0) is 37.1 Å². The molecule has 0 radical (unpaired) electrons. The predicted octanol–water partition coefficient (Wildman–Crippen LogP) is 2.68. The summed E-state index contributed by atoms with van der Waals surface area (Å²) in [6.07, 6.45) is 0. The maximum atomic E-state index is 10.8. The minimum atomic E-state index is -0.532. The third-order valence-electron chi connectivity index (χ3n) is 2.85. The number of rotatable bonds is 4. The Kier molecular flexibility index (Phi) is 3.81. The van der Waals surface area contributed by atoms with Crippen LogP contribution in [0.5, 0.6) is 11.6 Å². The van der Waals surface area contributed by atoms with Crippen LogP contribution >= 0.6 is 0 Å². The fourth-order valence-corrected chi connectivity index (χ4v) is 1.62. The number of nitrogens with zero attached hydrogens (tertiary/aromatic N) is 2. The van der Waals surface area contributed by atoms with Crippen LogP contribution in [-0.2, 0) is 0 Å². The van der Waals surface area contributed by atoms with Gasteiger partial charge in [-0.25, -0.2) is 5.84 Å². The Morgan fingerprint density at radius 3 is 2.60 bits per heavy atom. The van der Waals surface area contributed by atoms with E-state index in [0.717, 1.165) is 11.1 Å². The van der Waals surface area contributed by atoms with Crippen molar-refractivity contribution in [1.29, 1.82) is 0 Å². The molecule has 0 aliphatic heterocycles. The number of anilines is 1. The molecule has 20 heavy (non-hydrogen) atoms. The highest BCUT2D eigenvalue weighted by molar-refractivity contribution is 5.48. The first kappa shape index (κ1) is 13.8. The second kappa shape index (κ2) is 5.54. The first-order valence-corrected chi connectivity index (χ1v) is 5.88. The summed E-state index contributed by atoms with van der Waals surface area (Å²) in [6.45, 7) is 3.94. The minimum Gasteiger partial charge on any atom is -0.439 e. The van der Waals surface area contributed by atoms with Crippen molar-refractivity contribution >= 4 is 11.5 Å². The molecule has 1 aromatic carbocycles. The third kappa shape index (κ3) is 3.01. The van der Waals surface area contributed by atoms with Crippen molar-refractivity contribution in [3.8, 4) is 11.6 Å². The van der Waals surface area contributed by atoms with Crippen molar-refractivity contribution in [3.63, 3.8) is 0 Å². The number of hydrogen-bond acceptors (Lipinski definition) is 6. The van der Waals surface area contributed by atoms with Gasteiger partial charge < -0.3 is 10.2 Å². The van der Waals surface area contributed by atoms with E-state index in [1.165, 1.54) is 12.1 Å². The zero-order valence-electron chi connectivity index (χ0n) is 11.1. The molecule has 0 atom stereocenters. The molecule has 0 fully saturated rings. The largest absolute Gasteiger partial charge is 0.439 e. The number of nitro groups is 1. The van der Waals surface area contributed by atoms with Gasteiger partial charge in [0.15, 0.2) is 5.82 Å². The summed E-state index contributed by atoms with van der Waals surface area (Å²) in [5, 5.41) is 10.8. The van der Waals surface area contributed by atoms with Gasteiger partial charge in [-0.15, -0.1) is 0 Å². The first-order valence-electron chi connectivity index (χ1n) is 5.88. The Balaban J connectivity index is 2.34. The molecule has 2 rings (SSSR count). The van der Waals surface area contributed by atoms with Crippen molar-refractivity contribution in [3.05, 3.63) is 51.6 Å². The van der Waals surface area contributed by atoms with Crippen molar-refractivity contribution < 1.29 is 9.66 Å². The van der Waals surface area contributed by atoms with Gasteiger partial charge in [-0.3, -0.25) is 10.1 Å². The number of hydrazine groups is 1. The Labute approximate surface area is 115 Å². The highest BCUT2D eigenvalue weighted by Gasteiger charge is 2.12. The minimum absolute atomic E-state index is 0.107. The molecule has 7 heteroatoms. The van der Waals surface area contributed by atoms with Crippen molar-refractivity contribution in [2.45, 2.75) is 13.8 Å². The number of ether oxygens (including phenoxy) is 1. The predicted molar refractivity (Wildman–Crippen MR) is 74.7 cm³/mol. The molecule has 0 aliphatic rings. The third-order valence-corrected chi connectivity index (χ3v) is 2.85. The summed E-state index contributed by atoms with van der Waals surface area (Å²) in [5.74, 6) is 6.07. The van der Waals surface area contributed by atoms with Gasteiger partial charge in [0, 0.05) is 0 Å². The normalized spacial score (nSPS) is 10.2. The molecule has 7 nitrogen and oxygen atoms in total. The number of nitrogens with two attached hydrogens (primary N) is 1. The molecular formula is C13H14N4O3. The van der Waals surface area contributed by atoms with E-state index in [4.69, 9.17) is 10.6 Å². The van der Waals surface area contributed by atoms with Gasteiger partial charge in [0.1, 0.15) is 5.75 Å². The van der Waals surface area contributed by atoms with E-state index < -0.39 is 4.92 Å². The lowest BCUT2D eigenvalue weighted by atomic mass is 10.1. The highest BCUT2D eigenvalue weighted by atomic mass is 16.6. The van der Waals surface area contributed by atoms with Crippen molar-refractivity contribution in [2.75, 3.05) is 5.43 Å². The summed E-state index contributed by atoms with van der Waals surface area (Å²) in [7, 11) is 0. The van der Waals surface area contributed by atoms with Crippen LogP contribution < -0.4 is 16.0 Å². The lowest BCUT2D eigenvalue weighted by molar-refractivity contribution is -0.384. The van der Waals surface area contributed by atoms with Crippen LogP contribution in [0.4, 0.5) is 11.5 Å². The molecule has 0 saturated carbocycles. The van der Waals surface area contributed by atoms with Gasteiger partial charge in [0.2, 0.25) is 5.88 Å². The molecule has 3 N–H and O–H groups in total. The molecule has 0 amide bonds. The van der Waals surface area contributed by atoms with Crippen LogP contribution in [0.3, 0.4) is 0 Å². The molecule has 104 valence electrons. The van der Waals surface area contributed by atoms with Gasteiger partial charge in [0.05, 0.1) is 17.1 Å². The Hall–Kier alpha value is -2.67. The van der Waals surface area contributed by atoms with E-state index in [-0.39, 0.29) is 17.4 Å². The van der Waals surface area contributed by atoms with E-state index in [1.54, 1.807) is 6.07 Å². The number of nitrogens with one attached hydrogen (secondary N) is 1. The standard InChI is InChI=1S/C13H14N4O3/c1-8-3-4-11(5-9(8)2)20-13-7-10(17(18)19)6-12(15-13)16-14/h3-7H,14H2,1-2H3,(H,15,16). The highest BCUT2D eigenvalue weighted by Crippen LogP contribution is 2.27. The average molecular weight is 274 g/mol. The summed E-state index contributed by atoms with van der Waals surface area (Å²) in [4.78, 5) is 14.3. The number of pyridine rings is 1. The average Bonchev–Trinajstić information content (AvgIpc) is 2.42. The van der Waals surface area contributed by atoms with Crippen LogP contribution in [-0.4, -0.2) is 9.91 Å². The van der Waals surface area contributed by atoms with Gasteiger partial charge >= 0.3 is 0 Å². The number of aromatic nitrogens is 1. The smallest absolute Gasteiger partial charge is 0.278 e. The van der Waals surface area contributed by atoms with Crippen LogP contribution in [0.2, 0.25) is 0 Å². The maximum Gasteiger partial charge on any atom is 0.278 e. The summed E-state index contributed by atoms with van der Waals surface area (Å²) < 4.78 is 5.54. The molecule has 1 aromatic heterocycles. The second-order valence-electron chi connectivity index (χ2n) is 4.30. The van der Waals surface area contributed by atoms with E-state index >= 15 is 0 Å². The Bertz CT molecular complexity index is 658. The molecule has 0 saturated heterocycles. The monoisotopic (exact) mass is 274 g/mol. The Morgan fingerprint density at radius 2 is 2.00 bits per heavy atom. The second-order valence-corrected chi connectivity index (χ2v) is 4.30. The zero-order valence-corrected chi connectivity index (χ0v) is 11.1. The SMILES string of the molecule is Cc1ccc(Oc2cc([N+](=O)[O-])cc(NN)n2)cc1C. The van der Waals surface area contributed by atoms with Crippen LogP contribution in [0, 0.1) is 24.0 Å². The lowest BCUT2D eigenvalue weighted by Crippen LogP contribution is -2.09. The summed E-state index contributed by atoms with van der Waals surface area (Å²) in [5.41, 5.74) is 4.32. The van der Waals surface area contributed by atoms with Crippen LogP contribution in [0.25, 0.3) is 0 Å². The molecular weight excluding hydrogens is 260 g/mol. The van der Waals surface area contributed by atoms with Gasteiger partial charge in [0.25, 0.3) is 5.69 Å². The number of benzene rings is 1. The molecule has 2 aromatic rings. The van der Waals surface area contributed by atoms with Crippen molar-refractivity contribution in [1.82, 2.24) is 4.98 Å². The van der Waals surface area contributed by atoms with Crippen LogP contribution in [0.1, 0.15) is 11.1 Å². The fourth-order valence-electron chi connectivity index (χ4n) is 1.62. The van der Waals surface area contributed by atoms with E-state index in [1.807, 2.05) is 26.0 Å². The number of aryl methyl sites for hydroxylation is 2. The molecule has 0 aliphatic carbocycles. The quantitative estimate of drug-likeness (QED) is 0.504. The first-order chi connectivity index (χ1) is 9.49. The Morgan fingerprint density at radius 1 is 1.25 bits per heavy atom. The summed E-state index contributed by atoms with van der Waals surface area (Å²) in [6, 6.07) is 8.00.